The predicted molar refractivity (Wildman–Crippen MR) is 61.9 cm³/mol. The Kier molecular flexibility index (Phi) is 3.22. The van der Waals surface area contributed by atoms with Crippen LogP contribution in [0.3, 0.4) is 0 Å². The average Bonchev–Trinajstić information content (AvgIpc) is 2.87. The second kappa shape index (κ2) is 4.34. The molecule has 92 valence electrons. The normalized spacial score (nSPS) is 31.6. The summed E-state index contributed by atoms with van der Waals surface area (Å²) in [4.78, 5) is 14.0. The first kappa shape index (κ1) is 11.9. The molecule has 16 heavy (non-hydrogen) atoms. The second-order valence-electron chi connectivity index (χ2n) is 5.58. The molecule has 0 aliphatic carbocycles. The van der Waals surface area contributed by atoms with Gasteiger partial charge in [-0.25, -0.2) is 0 Å². The van der Waals surface area contributed by atoms with Gasteiger partial charge in [0.15, 0.2) is 0 Å². The van der Waals surface area contributed by atoms with E-state index in [-0.39, 0.29) is 23.3 Å². The third kappa shape index (κ3) is 2.09. The van der Waals surface area contributed by atoms with Crippen molar-refractivity contribution in [1.29, 1.82) is 0 Å². The number of rotatable bonds is 2. The van der Waals surface area contributed by atoms with Crippen molar-refractivity contribution in [2.45, 2.75) is 32.7 Å². The number of carbonyl (C=O) groups is 1. The number of ether oxygens (including phenoxy) is 1. The van der Waals surface area contributed by atoms with Gasteiger partial charge in [-0.2, -0.15) is 0 Å². The number of hydrogen-bond acceptors (Lipinski definition) is 3. The number of amides is 1. The molecule has 2 N–H and O–H groups in total. The molecule has 2 aliphatic rings. The molecule has 0 bridgehead atoms. The fraction of sp³-hybridized carbons (Fsp3) is 0.917. The number of nitrogens with zero attached hydrogens (tertiary/aromatic N) is 1. The number of hydrogen-bond donors (Lipinski definition) is 1. The SMILES string of the molecule is CC(C)[C@H](N)C(=O)N1CCC2(CCOC2)C1. The van der Waals surface area contributed by atoms with Crippen LogP contribution < -0.4 is 5.73 Å². The van der Waals surface area contributed by atoms with Crippen molar-refractivity contribution in [2.75, 3.05) is 26.3 Å². The molecule has 0 saturated carbocycles. The van der Waals surface area contributed by atoms with Crippen LogP contribution in [0.5, 0.6) is 0 Å². The molecule has 2 heterocycles. The minimum atomic E-state index is -0.350. The minimum Gasteiger partial charge on any atom is -0.381 e. The molecule has 0 aromatic heterocycles. The van der Waals surface area contributed by atoms with Gasteiger partial charge in [0, 0.05) is 25.1 Å². The molecule has 4 nitrogen and oxygen atoms in total. The highest BCUT2D eigenvalue weighted by molar-refractivity contribution is 5.82. The molecule has 1 amide bonds. The lowest BCUT2D eigenvalue weighted by Gasteiger charge is -2.25. The van der Waals surface area contributed by atoms with E-state index in [1.165, 1.54) is 0 Å². The van der Waals surface area contributed by atoms with Gasteiger partial charge in [-0.1, -0.05) is 13.8 Å². The molecule has 2 atom stereocenters. The largest absolute Gasteiger partial charge is 0.381 e. The van der Waals surface area contributed by atoms with E-state index in [0.29, 0.717) is 0 Å². The first-order chi connectivity index (χ1) is 7.54. The monoisotopic (exact) mass is 226 g/mol. The zero-order chi connectivity index (χ0) is 11.8. The Balaban J connectivity index is 1.95. The summed E-state index contributed by atoms with van der Waals surface area (Å²) in [5, 5.41) is 0. The van der Waals surface area contributed by atoms with Crippen molar-refractivity contribution >= 4 is 5.91 Å². The summed E-state index contributed by atoms with van der Waals surface area (Å²) in [6.07, 6.45) is 2.16. The molecule has 1 unspecified atom stereocenters. The molecule has 2 fully saturated rings. The molecule has 0 aromatic carbocycles. The smallest absolute Gasteiger partial charge is 0.239 e. The molecule has 1 spiro atoms. The summed E-state index contributed by atoms with van der Waals surface area (Å²) in [5.41, 5.74) is 6.15. The van der Waals surface area contributed by atoms with Crippen LogP contribution in [0.25, 0.3) is 0 Å². The van der Waals surface area contributed by atoms with Crippen molar-refractivity contribution in [1.82, 2.24) is 4.90 Å². The van der Waals surface area contributed by atoms with E-state index in [2.05, 4.69) is 0 Å². The van der Waals surface area contributed by atoms with Crippen LogP contribution in [0.1, 0.15) is 26.7 Å². The molecule has 4 heteroatoms. The van der Waals surface area contributed by atoms with E-state index in [0.717, 1.165) is 39.1 Å². The van der Waals surface area contributed by atoms with E-state index < -0.39 is 0 Å². The van der Waals surface area contributed by atoms with Crippen LogP contribution in [-0.2, 0) is 9.53 Å². The van der Waals surface area contributed by atoms with Gasteiger partial charge < -0.3 is 15.4 Å². The Morgan fingerprint density at radius 3 is 2.75 bits per heavy atom. The van der Waals surface area contributed by atoms with Crippen molar-refractivity contribution in [3.8, 4) is 0 Å². The van der Waals surface area contributed by atoms with Crippen molar-refractivity contribution in [2.24, 2.45) is 17.1 Å². The van der Waals surface area contributed by atoms with Crippen LogP contribution >= 0.6 is 0 Å². The summed E-state index contributed by atoms with van der Waals surface area (Å²) in [6, 6.07) is -0.350. The molecule has 0 radical (unpaired) electrons. The van der Waals surface area contributed by atoms with E-state index in [9.17, 15) is 4.79 Å². The maximum Gasteiger partial charge on any atom is 0.239 e. The first-order valence-corrected chi connectivity index (χ1v) is 6.16. The van der Waals surface area contributed by atoms with Gasteiger partial charge in [0.25, 0.3) is 0 Å². The van der Waals surface area contributed by atoms with Crippen LogP contribution in [0, 0.1) is 11.3 Å². The van der Waals surface area contributed by atoms with Crippen molar-refractivity contribution < 1.29 is 9.53 Å². The lowest BCUT2D eigenvalue weighted by Crippen LogP contribution is -2.46. The molecule has 2 aliphatic heterocycles. The van der Waals surface area contributed by atoms with E-state index in [4.69, 9.17) is 10.5 Å². The second-order valence-corrected chi connectivity index (χ2v) is 5.58. The van der Waals surface area contributed by atoms with Crippen LogP contribution in [0.4, 0.5) is 0 Å². The zero-order valence-electron chi connectivity index (χ0n) is 10.2. The fourth-order valence-corrected chi connectivity index (χ4v) is 2.59. The molecule has 0 aromatic rings. The Morgan fingerprint density at radius 2 is 2.19 bits per heavy atom. The van der Waals surface area contributed by atoms with E-state index in [1.54, 1.807) is 0 Å². The quantitative estimate of drug-likeness (QED) is 0.750. The topological polar surface area (TPSA) is 55.6 Å². The highest BCUT2D eigenvalue weighted by atomic mass is 16.5. The molecular weight excluding hydrogens is 204 g/mol. The third-order valence-corrected chi connectivity index (χ3v) is 3.94. The van der Waals surface area contributed by atoms with Crippen molar-refractivity contribution in [3.05, 3.63) is 0 Å². The van der Waals surface area contributed by atoms with Gasteiger partial charge in [0.05, 0.1) is 12.6 Å². The molecule has 2 rings (SSSR count). The Morgan fingerprint density at radius 1 is 1.44 bits per heavy atom. The zero-order valence-corrected chi connectivity index (χ0v) is 10.2. The van der Waals surface area contributed by atoms with Gasteiger partial charge >= 0.3 is 0 Å². The average molecular weight is 226 g/mol. The molecule has 2 saturated heterocycles. The lowest BCUT2D eigenvalue weighted by atomic mass is 9.87. The van der Waals surface area contributed by atoms with Crippen LogP contribution in [0.15, 0.2) is 0 Å². The van der Waals surface area contributed by atoms with E-state index in [1.807, 2.05) is 18.7 Å². The van der Waals surface area contributed by atoms with Gasteiger partial charge in [0.1, 0.15) is 0 Å². The summed E-state index contributed by atoms with van der Waals surface area (Å²) < 4.78 is 5.45. The van der Waals surface area contributed by atoms with Gasteiger partial charge in [-0.05, 0) is 18.8 Å². The molecular formula is C12H22N2O2. The van der Waals surface area contributed by atoms with Gasteiger partial charge in [0.2, 0.25) is 5.91 Å². The third-order valence-electron chi connectivity index (χ3n) is 3.94. The summed E-state index contributed by atoms with van der Waals surface area (Å²) in [7, 11) is 0. The summed E-state index contributed by atoms with van der Waals surface area (Å²) in [6.45, 7) is 7.33. The number of carbonyl (C=O) groups excluding carboxylic acids is 1. The van der Waals surface area contributed by atoms with Crippen molar-refractivity contribution in [3.63, 3.8) is 0 Å². The highest BCUT2D eigenvalue weighted by Gasteiger charge is 2.43. The Hall–Kier alpha value is -0.610. The maximum atomic E-state index is 12.1. The van der Waals surface area contributed by atoms with Crippen LogP contribution in [-0.4, -0.2) is 43.2 Å². The Bertz CT molecular complexity index is 272. The predicted octanol–water partition coefficient (Wildman–Crippen LogP) is 0.609. The minimum absolute atomic E-state index is 0.110. The lowest BCUT2D eigenvalue weighted by molar-refractivity contribution is -0.132. The maximum absolute atomic E-state index is 12.1. The summed E-state index contributed by atoms with van der Waals surface area (Å²) in [5.74, 6) is 0.322. The van der Waals surface area contributed by atoms with Gasteiger partial charge in [-0.3, -0.25) is 4.79 Å². The number of likely N-dealkylation sites (tertiary alicyclic amines) is 1. The Labute approximate surface area is 97.1 Å². The first-order valence-electron chi connectivity index (χ1n) is 6.16. The fourth-order valence-electron chi connectivity index (χ4n) is 2.59. The van der Waals surface area contributed by atoms with E-state index >= 15 is 0 Å². The summed E-state index contributed by atoms with van der Waals surface area (Å²) >= 11 is 0. The standard InChI is InChI=1S/C12H22N2O2/c1-9(2)10(13)11(15)14-5-3-12(7-14)4-6-16-8-12/h9-10H,3-8,13H2,1-2H3/t10-,12?/m0/s1. The number of nitrogens with two attached hydrogens (primary N) is 1. The highest BCUT2D eigenvalue weighted by Crippen LogP contribution is 2.38. The van der Waals surface area contributed by atoms with Crippen LogP contribution in [0.2, 0.25) is 0 Å². The van der Waals surface area contributed by atoms with Gasteiger partial charge in [-0.15, -0.1) is 0 Å².